The lowest BCUT2D eigenvalue weighted by Gasteiger charge is -2.24. The summed E-state index contributed by atoms with van der Waals surface area (Å²) in [6.07, 6.45) is 2.42. The standard InChI is InChI=1S/C19H27N3O2/c1-3-9-22-14(2)16(10-20-22)11-21-12-17(19(24)18(21)13-23)15-7-5-4-6-8-15/h4-8,10,17-19,23-24H,3,9,11-13H2,1-2H3/t17-,18-,19-/m1/s1. The van der Waals surface area contributed by atoms with Crippen molar-refractivity contribution in [2.24, 2.45) is 0 Å². The zero-order valence-electron chi connectivity index (χ0n) is 14.5. The molecule has 1 aliphatic heterocycles. The minimum absolute atomic E-state index is 0.0351. The first-order valence-corrected chi connectivity index (χ1v) is 8.74. The van der Waals surface area contributed by atoms with Crippen molar-refractivity contribution in [1.29, 1.82) is 0 Å². The van der Waals surface area contributed by atoms with Gasteiger partial charge in [-0.15, -0.1) is 0 Å². The molecule has 1 aromatic heterocycles. The number of aromatic nitrogens is 2. The molecule has 5 nitrogen and oxygen atoms in total. The van der Waals surface area contributed by atoms with Gasteiger partial charge in [0.15, 0.2) is 0 Å². The summed E-state index contributed by atoms with van der Waals surface area (Å²) in [5.41, 5.74) is 3.47. The normalized spacial score (nSPS) is 24.6. The van der Waals surface area contributed by atoms with Crippen molar-refractivity contribution in [3.63, 3.8) is 0 Å². The summed E-state index contributed by atoms with van der Waals surface area (Å²) < 4.78 is 2.03. The summed E-state index contributed by atoms with van der Waals surface area (Å²) in [5.74, 6) is 0.0364. The third-order valence-corrected chi connectivity index (χ3v) is 5.14. The average Bonchev–Trinajstić information content (AvgIpc) is 3.10. The maximum atomic E-state index is 10.7. The maximum absolute atomic E-state index is 10.7. The smallest absolute Gasteiger partial charge is 0.0798 e. The van der Waals surface area contributed by atoms with E-state index in [1.165, 1.54) is 11.3 Å². The van der Waals surface area contributed by atoms with Crippen LogP contribution in [0.15, 0.2) is 36.5 Å². The lowest BCUT2D eigenvalue weighted by Crippen LogP contribution is -2.38. The van der Waals surface area contributed by atoms with Crippen LogP contribution >= 0.6 is 0 Å². The zero-order chi connectivity index (χ0) is 17.1. The molecule has 3 atom stereocenters. The van der Waals surface area contributed by atoms with Gasteiger partial charge in [-0.3, -0.25) is 9.58 Å². The van der Waals surface area contributed by atoms with Gasteiger partial charge in [0.1, 0.15) is 0 Å². The molecular weight excluding hydrogens is 302 g/mol. The molecule has 1 saturated heterocycles. The Morgan fingerprint density at radius 3 is 2.67 bits per heavy atom. The molecule has 3 rings (SSSR count). The minimum Gasteiger partial charge on any atom is -0.395 e. The van der Waals surface area contributed by atoms with E-state index >= 15 is 0 Å². The van der Waals surface area contributed by atoms with Crippen LogP contribution in [0.4, 0.5) is 0 Å². The fraction of sp³-hybridized carbons (Fsp3) is 0.526. The molecule has 0 bridgehead atoms. The average molecular weight is 329 g/mol. The van der Waals surface area contributed by atoms with Crippen molar-refractivity contribution in [1.82, 2.24) is 14.7 Å². The van der Waals surface area contributed by atoms with Crippen LogP contribution in [0, 0.1) is 6.92 Å². The van der Waals surface area contributed by atoms with E-state index in [-0.39, 0.29) is 18.6 Å². The van der Waals surface area contributed by atoms with Gasteiger partial charge in [-0.1, -0.05) is 37.3 Å². The molecule has 0 aliphatic carbocycles. The van der Waals surface area contributed by atoms with Gasteiger partial charge in [-0.05, 0) is 18.9 Å². The molecule has 1 aliphatic rings. The van der Waals surface area contributed by atoms with Crippen LogP contribution in [0.5, 0.6) is 0 Å². The maximum Gasteiger partial charge on any atom is 0.0798 e. The van der Waals surface area contributed by atoms with Gasteiger partial charge in [-0.2, -0.15) is 5.10 Å². The number of aliphatic hydroxyl groups excluding tert-OH is 2. The van der Waals surface area contributed by atoms with E-state index in [4.69, 9.17) is 0 Å². The molecule has 24 heavy (non-hydrogen) atoms. The number of nitrogens with zero attached hydrogens (tertiary/aromatic N) is 3. The second kappa shape index (κ2) is 7.47. The van der Waals surface area contributed by atoms with E-state index in [0.29, 0.717) is 6.54 Å². The number of hydrogen-bond donors (Lipinski definition) is 2. The van der Waals surface area contributed by atoms with Crippen LogP contribution in [0.3, 0.4) is 0 Å². The largest absolute Gasteiger partial charge is 0.395 e. The van der Waals surface area contributed by atoms with Crippen LogP contribution in [0.25, 0.3) is 0 Å². The molecular formula is C19H27N3O2. The Kier molecular flexibility index (Phi) is 5.33. The van der Waals surface area contributed by atoms with Gasteiger partial charge in [0.2, 0.25) is 0 Å². The quantitative estimate of drug-likeness (QED) is 0.850. The second-order valence-electron chi connectivity index (χ2n) is 6.67. The number of aliphatic hydroxyl groups is 2. The minimum atomic E-state index is -0.552. The van der Waals surface area contributed by atoms with E-state index in [1.54, 1.807) is 0 Å². The predicted molar refractivity (Wildman–Crippen MR) is 93.7 cm³/mol. The first-order chi connectivity index (χ1) is 11.7. The Bertz CT molecular complexity index is 656. The Balaban J connectivity index is 1.78. The summed E-state index contributed by atoms with van der Waals surface area (Å²) in [6.45, 7) is 6.57. The number of hydrogen-bond acceptors (Lipinski definition) is 4. The number of likely N-dealkylation sites (tertiary alicyclic amines) is 1. The monoisotopic (exact) mass is 329 g/mol. The third-order valence-electron chi connectivity index (χ3n) is 5.14. The first kappa shape index (κ1) is 17.1. The van der Waals surface area contributed by atoms with Crippen LogP contribution < -0.4 is 0 Å². The highest BCUT2D eigenvalue weighted by molar-refractivity contribution is 5.25. The van der Waals surface area contributed by atoms with Crippen molar-refractivity contribution in [3.8, 4) is 0 Å². The molecule has 2 heterocycles. The van der Waals surface area contributed by atoms with E-state index in [1.807, 2.05) is 29.1 Å². The zero-order valence-corrected chi connectivity index (χ0v) is 14.5. The Morgan fingerprint density at radius 1 is 1.25 bits per heavy atom. The Labute approximate surface area is 143 Å². The number of aryl methyl sites for hydroxylation is 1. The van der Waals surface area contributed by atoms with Gasteiger partial charge in [0.25, 0.3) is 0 Å². The molecule has 2 aromatic rings. The van der Waals surface area contributed by atoms with Crippen LogP contribution in [-0.4, -0.2) is 50.2 Å². The lowest BCUT2D eigenvalue weighted by molar-refractivity contribution is 0.0640. The SMILES string of the molecule is CCCn1ncc(CN2C[C@H](c3ccccc3)[C@@H](O)[C@H]2CO)c1C. The predicted octanol–water partition coefficient (Wildman–Crippen LogP) is 1.92. The van der Waals surface area contributed by atoms with E-state index in [2.05, 4.69) is 36.0 Å². The highest BCUT2D eigenvalue weighted by Gasteiger charge is 2.41. The summed E-state index contributed by atoms with van der Waals surface area (Å²) in [5, 5.41) is 24.9. The molecule has 0 radical (unpaired) electrons. The molecule has 0 saturated carbocycles. The number of benzene rings is 1. The molecule has 1 aromatic carbocycles. The van der Waals surface area contributed by atoms with Crippen molar-refractivity contribution in [2.75, 3.05) is 13.2 Å². The second-order valence-corrected chi connectivity index (χ2v) is 6.67. The molecule has 5 heteroatoms. The molecule has 0 spiro atoms. The number of rotatable bonds is 6. The van der Waals surface area contributed by atoms with Gasteiger partial charge in [0.05, 0.1) is 24.9 Å². The molecule has 1 fully saturated rings. The van der Waals surface area contributed by atoms with Gasteiger partial charge >= 0.3 is 0 Å². The lowest BCUT2D eigenvalue weighted by atomic mass is 9.94. The Morgan fingerprint density at radius 2 is 2.00 bits per heavy atom. The summed E-state index contributed by atoms with van der Waals surface area (Å²) in [4.78, 5) is 2.18. The van der Waals surface area contributed by atoms with E-state index in [9.17, 15) is 10.2 Å². The Hall–Kier alpha value is -1.69. The van der Waals surface area contributed by atoms with Gasteiger partial charge in [0, 0.05) is 36.8 Å². The highest BCUT2D eigenvalue weighted by Crippen LogP contribution is 2.33. The van der Waals surface area contributed by atoms with Crippen LogP contribution in [0.1, 0.15) is 36.1 Å². The molecule has 2 N–H and O–H groups in total. The summed E-state index contributed by atoms with van der Waals surface area (Å²) in [7, 11) is 0. The van der Waals surface area contributed by atoms with Crippen molar-refractivity contribution < 1.29 is 10.2 Å². The highest BCUT2D eigenvalue weighted by atomic mass is 16.3. The van der Waals surface area contributed by atoms with E-state index < -0.39 is 6.10 Å². The fourth-order valence-corrected chi connectivity index (χ4v) is 3.68. The fourth-order valence-electron chi connectivity index (χ4n) is 3.68. The molecule has 0 amide bonds. The first-order valence-electron chi connectivity index (χ1n) is 8.74. The molecule has 130 valence electrons. The van der Waals surface area contributed by atoms with Gasteiger partial charge < -0.3 is 10.2 Å². The van der Waals surface area contributed by atoms with Crippen molar-refractivity contribution >= 4 is 0 Å². The topological polar surface area (TPSA) is 61.5 Å². The summed E-state index contributed by atoms with van der Waals surface area (Å²) >= 11 is 0. The van der Waals surface area contributed by atoms with Crippen LogP contribution in [-0.2, 0) is 13.1 Å². The van der Waals surface area contributed by atoms with Crippen molar-refractivity contribution in [2.45, 2.75) is 51.4 Å². The third kappa shape index (κ3) is 3.24. The van der Waals surface area contributed by atoms with Crippen molar-refractivity contribution in [3.05, 3.63) is 53.3 Å². The summed E-state index contributed by atoms with van der Waals surface area (Å²) in [6, 6.07) is 9.85. The van der Waals surface area contributed by atoms with Gasteiger partial charge in [-0.25, -0.2) is 0 Å². The van der Waals surface area contributed by atoms with E-state index in [0.717, 1.165) is 25.1 Å². The van der Waals surface area contributed by atoms with Crippen LogP contribution in [0.2, 0.25) is 0 Å². The molecule has 0 unspecified atom stereocenters.